The van der Waals surface area contributed by atoms with Crippen molar-refractivity contribution < 1.29 is 0 Å². The Morgan fingerprint density at radius 2 is 2.00 bits per heavy atom. The van der Waals surface area contributed by atoms with Crippen LogP contribution in [0, 0.1) is 6.92 Å². The monoisotopic (exact) mass is 236 g/mol. The highest BCUT2D eigenvalue weighted by atomic mass is 15.4. The summed E-state index contributed by atoms with van der Waals surface area (Å²) in [5, 5.41) is 8.06. The van der Waals surface area contributed by atoms with Gasteiger partial charge in [-0.05, 0) is 31.2 Å². The molecule has 0 N–H and O–H groups in total. The van der Waals surface area contributed by atoms with Gasteiger partial charge in [-0.1, -0.05) is 23.4 Å². The SMILES string of the molecule is Cc1cn(-c2cccc(-c3ccccn3)c2)nn1. The highest BCUT2D eigenvalue weighted by molar-refractivity contribution is 5.61. The molecule has 0 saturated carbocycles. The lowest BCUT2D eigenvalue weighted by molar-refractivity contribution is 0.801. The van der Waals surface area contributed by atoms with Gasteiger partial charge in [0.1, 0.15) is 0 Å². The lowest BCUT2D eigenvalue weighted by Crippen LogP contribution is -1.95. The first-order valence-electron chi connectivity index (χ1n) is 5.74. The van der Waals surface area contributed by atoms with Gasteiger partial charge in [0.2, 0.25) is 0 Å². The molecular weight excluding hydrogens is 224 g/mol. The van der Waals surface area contributed by atoms with E-state index in [9.17, 15) is 0 Å². The minimum atomic E-state index is 0.901. The molecule has 2 aromatic heterocycles. The molecule has 0 radical (unpaired) electrons. The zero-order chi connectivity index (χ0) is 12.4. The Bertz CT molecular complexity index is 658. The van der Waals surface area contributed by atoms with Crippen molar-refractivity contribution in [3.8, 4) is 16.9 Å². The van der Waals surface area contributed by atoms with Gasteiger partial charge in [-0.25, -0.2) is 4.68 Å². The lowest BCUT2D eigenvalue weighted by atomic mass is 10.1. The first-order chi connectivity index (χ1) is 8.83. The first-order valence-corrected chi connectivity index (χ1v) is 5.74. The normalized spacial score (nSPS) is 10.5. The molecule has 0 aliphatic carbocycles. The fraction of sp³-hybridized carbons (Fsp3) is 0.0714. The van der Waals surface area contributed by atoms with Gasteiger partial charge < -0.3 is 0 Å². The standard InChI is InChI=1S/C14H12N4/c1-11-10-18(17-16-11)13-6-4-5-12(9-13)14-7-2-3-8-15-14/h2-10H,1H3. The smallest absolute Gasteiger partial charge is 0.0800 e. The maximum Gasteiger partial charge on any atom is 0.0800 e. The number of aromatic nitrogens is 4. The predicted octanol–water partition coefficient (Wildman–Crippen LogP) is 2.64. The zero-order valence-corrected chi connectivity index (χ0v) is 9.99. The van der Waals surface area contributed by atoms with Gasteiger partial charge in [-0.3, -0.25) is 4.98 Å². The number of hydrogen-bond donors (Lipinski definition) is 0. The number of hydrogen-bond acceptors (Lipinski definition) is 3. The Hall–Kier alpha value is -2.49. The molecule has 3 rings (SSSR count). The molecule has 0 unspecified atom stereocenters. The van der Waals surface area contributed by atoms with Crippen LogP contribution in [0.15, 0.2) is 54.9 Å². The van der Waals surface area contributed by atoms with E-state index in [0.717, 1.165) is 22.6 Å². The van der Waals surface area contributed by atoms with E-state index in [4.69, 9.17) is 0 Å². The van der Waals surface area contributed by atoms with Gasteiger partial charge >= 0.3 is 0 Å². The van der Waals surface area contributed by atoms with Crippen LogP contribution in [0.25, 0.3) is 16.9 Å². The quantitative estimate of drug-likeness (QED) is 0.687. The molecule has 88 valence electrons. The minimum Gasteiger partial charge on any atom is -0.256 e. The summed E-state index contributed by atoms with van der Waals surface area (Å²) in [7, 11) is 0. The minimum absolute atomic E-state index is 0.901. The Morgan fingerprint density at radius 3 is 2.72 bits per heavy atom. The van der Waals surface area contributed by atoms with Crippen molar-refractivity contribution in [2.24, 2.45) is 0 Å². The lowest BCUT2D eigenvalue weighted by Gasteiger charge is -2.04. The first kappa shape index (κ1) is 10.7. The van der Waals surface area contributed by atoms with Crippen molar-refractivity contribution in [3.05, 3.63) is 60.6 Å². The van der Waals surface area contributed by atoms with E-state index in [1.165, 1.54) is 0 Å². The van der Waals surface area contributed by atoms with Crippen LogP contribution in [-0.4, -0.2) is 20.0 Å². The maximum atomic E-state index is 4.34. The average Bonchev–Trinajstić information content (AvgIpc) is 2.87. The molecule has 0 saturated heterocycles. The van der Waals surface area contributed by atoms with Crippen LogP contribution in [-0.2, 0) is 0 Å². The fourth-order valence-electron chi connectivity index (χ4n) is 1.81. The summed E-state index contributed by atoms with van der Waals surface area (Å²) in [4.78, 5) is 4.34. The van der Waals surface area contributed by atoms with E-state index in [2.05, 4.69) is 21.4 Å². The van der Waals surface area contributed by atoms with E-state index >= 15 is 0 Å². The zero-order valence-electron chi connectivity index (χ0n) is 9.99. The molecule has 0 fully saturated rings. The van der Waals surface area contributed by atoms with Crippen LogP contribution >= 0.6 is 0 Å². The molecule has 0 spiro atoms. The van der Waals surface area contributed by atoms with E-state index in [1.54, 1.807) is 10.9 Å². The van der Waals surface area contributed by atoms with Gasteiger partial charge in [-0.2, -0.15) is 0 Å². The van der Waals surface area contributed by atoms with Crippen molar-refractivity contribution in [2.75, 3.05) is 0 Å². The molecular formula is C14H12N4. The van der Waals surface area contributed by atoms with E-state index in [-0.39, 0.29) is 0 Å². The third kappa shape index (κ3) is 2.00. The predicted molar refractivity (Wildman–Crippen MR) is 69.3 cm³/mol. The molecule has 1 aromatic carbocycles. The maximum absolute atomic E-state index is 4.34. The number of aryl methyl sites for hydroxylation is 1. The van der Waals surface area contributed by atoms with Crippen molar-refractivity contribution >= 4 is 0 Å². The number of nitrogens with zero attached hydrogens (tertiary/aromatic N) is 4. The van der Waals surface area contributed by atoms with Crippen LogP contribution in [0.5, 0.6) is 0 Å². The molecule has 2 heterocycles. The second-order valence-corrected chi connectivity index (χ2v) is 4.07. The second kappa shape index (κ2) is 4.41. The molecule has 0 aliphatic heterocycles. The van der Waals surface area contributed by atoms with Gasteiger partial charge in [0.05, 0.1) is 23.3 Å². The van der Waals surface area contributed by atoms with Gasteiger partial charge in [0.15, 0.2) is 0 Å². The van der Waals surface area contributed by atoms with Gasteiger partial charge in [-0.15, -0.1) is 5.10 Å². The van der Waals surface area contributed by atoms with E-state index in [0.29, 0.717) is 0 Å². The summed E-state index contributed by atoms with van der Waals surface area (Å²) < 4.78 is 1.77. The highest BCUT2D eigenvalue weighted by Gasteiger charge is 2.03. The van der Waals surface area contributed by atoms with E-state index in [1.807, 2.05) is 49.5 Å². The van der Waals surface area contributed by atoms with Crippen molar-refractivity contribution in [3.63, 3.8) is 0 Å². The van der Waals surface area contributed by atoms with Crippen LogP contribution in [0.4, 0.5) is 0 Å². The number of benzene rings is 1. The Labute approximate surface area is 105 Å². The van der Waals surface area contributed by atoms with Crippen LogP contribution in [0.3, 0.4) is 0 Å². The fourth-order valence-corrected chi connectivity index (χ4v) is 1.81. The molecule has 3 aromatic rings. The Balaban J connectivity index is 2.05. The molecule has 0 aliphatic rings. The summed E-state index contributed by atoms with van der Waals surface area (Å²) in [5.74, 6) is 0. The third-order valence-corrected chi connectivity index (χ3v) is 2.68. The largest absolute Gasteiger partial charge is 0.256 e. The van der Waals surface area contributed by atoms with Gasteiger partial charge in [0.25, 0.3) is 0 Å². The molecule has 4 nitrogen and oxygen atoms in total. The summed E-state index contributed by atoms with van der Waals surface area (Å²) in [5.41, 5.74) is 3.91. The molecule has 0 bridgehead atoms. The molecule has 4 heteroatoms. The highest BCUT2D eigenvalue weighted by Crippen LogP contribution is 2.19. The summed E-state index contributed by atoms with van der Waals surface area (Å²) in [6.45, 7) is 1.92. The third-order valence-electron chi connectivity index (χ3n) is 2.68. The average molecular weight is 236 g/mol. The van der Waals surface area contributed by atoms with E-state index < -0.39 is 0 Å². The van der Waals surface area contributed by atoms with Crippen molar-refractivity contribution in [1.29, 1.82) is 0 Å². The summed E-state index contributed by atoms with van der Waals surface area (Å²) in [6.07, 6.45) is 3.69. The Kier molecular flexibility index (Phi) is 2.61. The molecule has 0 atom stereocenters. The van der Waals surface area contributed by atoms with Gasteiger partial charge in [0, 0.05) is 11.8 Å². The second-order valence-electron chi connectivity index (χ2n) is 4.07. The van der Waals surface area contributed by atoms with Crippen molar-refractivity contribution in [2.45, 2.75) is 6.92 Å². The van der Waals surface area contributed by atoms with Crippen LogP contribution in [0.2, 0.25) is 0 Å². The number of rotatable bonds is 2. The van der Waals surface area contributed by atoms with Crippen molar-refractivity contribution in [1.82, 2.24) is 20.0 Å². The van der Waals surface area contributed by atoms with Crippen LogP contribution in [0.1, 0.15) is 5.69 Å². The summed E-state index contributed by atoms with van der Waals surface area (Å²) >= 11 is 0. The Morgan fingerprint density at radius 1 is 1.06 bits per heavy atom. The molecule has 18 heavy (non-hydrogen) atoms. The summed E-state index contributed by atoms with van der Waals surface area (Å²) in [6, 6.07) is 14.0. The molecule has 0 amide bonds. The number of pyridine rings is 1. The topological polar surface area (TPSA) is 43.6 Å². The van der Waals surface area contributed by atoms with Crippen LogP contribution < -0.4 is 0 Å².